The van der Waals surface area contributed by atoms with Crippen molar-refractivity contribution in [3.63, 3.8) is 0 Å². The van der Waals surface area contributed by atoms with E-state index in [2.05, 4.69) is 32.8 Å². The number of thiazole rings is 1. The van der Waals surface area contributed by atoms with Crippen LogP contribution < -0.4 is 16.0 Å². The predicted molar refractivity (Wildman–Crippen MR) is 117 cm³/mol. The summed E-state index contributed by atoms with van der Waals surface area (Å²) in [4.78, 5) is 21.8. The Hall–Kier alpha value is -2.64. The summed E-state index contributed by atoms with van der Waals surface area (Å²) >= 11 is 7.44. The van der Waals surface area contributed by atoms with E-state index < -0.39 is 0 Å². The number of carbonyl (C=O) groups is 1. The number of hydrogen-bond acceptors (Lipinski definition) is 6. The molecule has 0 atom stereocenters. The Bertz CT molecular complexity index is 939. The van der Waals surface area contributed by atoms with E-state index in [0.717, 1.165) is 30.8 Å². The first kappa shape index (κ1) is 20.1. The molecule has 3 rings (SSSR count). The van der Waals surface area contributed by atoms with Gasteiger partial charge in [0.05, 0.1) is 16.9 Å². The van der Waals surface area contributed by atoms with Gasteiger partial charge in [0.15, 0.2) is 5.13 Å². The van der Waals surface area contributed by atoms with Gasteiger partial charge in [-0.3, -0.25) is 4.79 Å². The third kappa shape index (κ3) is 5.21. The smallest absolute Gasteiger partial charge is 0.267 e. The molecule has 1 amide bonds. The minimum absolute atomic E-state index is 0.246. The van der Waals surface area contributed by atoms with Crippen LogP contribution in [-0.4, -0.2) is 22.4 Å². The average molecular weight is 416 g/mol. The van der Waals surface area contributed by atoms with E-state index in [4.69, 9.17) is 11.6 Å². The van der Waals surface area contributed by atoms with Crippen molar-refractivity contribution in [3.8, 4) is 0 Å². The van der Waals surface area contributed by atoms with E-state index in [1.165, 1.54) is 17.5 Å². The van der Waals surface area contributed by atoms with Crippen LogP contribution >= 0.6 is 22.9 Å². The van der Waals surface area contributed by atoms with Gasteiger partial charge in [0, 0.05) is 6.54 Å². The lowest BCUT2D eigenvalue weighted by Crippen LogP contribution is -2.11. The maximum absolute atomic E-state index is 12.5. The Kier molecular flexibility index (Phi) is 6.84. The number of aryl methyl sites for hydroxylation is 1. The van der Waals surface area contributed by atoms with Gasteiger partial charge in [-0.1, -0.05) is 54.5 Å². The Morgan fingerprint density at radius 1 is 1.18 bits per heavy atom. The molecule has 0 fully saturated rings. The number of rotatable bonds is 8. The number of aromatic nitrogens is 2. The molecule has 0 unspecified atom stereocenters. The van der Waals surface area contributed by atoms with Gasteiger partial charge < -0.3 is 16.0 Å². The van der Waals surface area contributed by atoms with Crippen molar-refractivity contribution in [2.45, 2.75) is 26.7 Å². The van der Waals surface area contributed by atoms with Crippen LogP contribution in [0.3, 0.4) is 0 Å². The fourth-order valence-electron chi connectivity index (χ4n) is 2.51. The third-order valence-electron chi connectivity index (χ3n) is 4.01. The molecule has 0 saturated heterocycles. The van der Waals surface area contributed by atoms with E-state index in [-0.39, 0.29) is 5.91 Å². The number of anilines is 4. The lowest BCUT2D eigenvalue weighted by atomic mass is 10.2. The van der Waals surface area contributed by atoms with E-state index in [0.29, 0.717) is 26.5 Å². The number of para-hydroxylation sites is 1. The number of nitrogens with zero attached hydrogens (tertiary/aromatic N) is 2. The molecule has 2 heterocycles. The molecule has 0 saturated carbocycles. The number of benzene rings is 1. The normalized spacial score (nSPS) is 10.5. The highest BCUT2D eigenvalue weighted by molar-refractivity contribution is 7.17. The van der Waals surface area contributed by atoms with Gasteiger partial charge in [0.1, 0.15) is 16.5 Å². The van der Waals surface area contributed by atoms with Crippen molar-refractivity contribution in [3.05, 3.63) is 58.1 Å². The summed E-state index contributed by atoms with van der Waals surface area (Å²) in [5, 5.41) is 10.4. The molecule has 3 aromatic rings. The van der Waals surface area contributed by atoms with Crippen LogP contribution in [0.1, 0.15) is 35.0 Å². The van der Waals surface area contributed by atoms with Crippen molar-refractivity contribution in [2.75, 3.05) is 22.5 Å². The van der Waals surface area contributed by atoms with Crippen LogP contribution in [0.25, 0.3) is 0 Å². The van der Waals surface area contributed by atoms with E-state index in [1.54, 1.807) is 6.07 Å². The monoisotopic (exact) mass is 415 g/mol. The maximum atomic E-state index is 12.5. The molecule has 0 bridgehead atoms. The van der Waals surface area contributed by atoms with Gasteiger partial charge in [0.2, 0.25) is 0 Å². The first-order chi connectivity index (χ1) is 13.6. The highest BCUT2D eigenvalue weighted by Gasteiger charge is 2.14. The molecular formula is C20H22ClN5OS. The van der Waals surface area contributed by atoms with Gasteiger partial charge >= 0.3 is 0 Å². The van der Waals surface area contributed by atoms with Crippen molar-refractivity contribution in [1.82, 2.24) is 9.97 Å². The highest BCUT2D eigenvalue weighted by atomic mass is 35.5. The second-order valence-electron chi connectivity index (χ2n) is 6.23. The Labute approximate surface area is 173 Å². The molecule has 8 heteroatoms. The fraction of sp³-hybridized carbons (Fsp3) is 0.250. The molecule has 0 radical (unpaired) electrons. The summed E-state index contributed by atoms with van der Waals surface area (Å²) in [5.74, 6) is 1.23. The summed E-state index contributed by atoms with van der Waals surface area (Å²) in [6, 6.07) is 11.2. The molecule has 0 aliphatic rings. The Balaban J connectivity index is 1.65. The molecular weight excluding hydrogens is 394 g/mol. The maximum Gasteiger partial charge on any atom is 0.267 e. The number of nitrogens with one attached hydrogen (secondary N) is 3. The summed E-state index contributed by atoms with van der Waals surface area (Å²) in [7, 11) is 0. The van der Waals surface area contributed by atoms with Crippen LogP contribution in [0.5, 0.6) is 0 Å². The van der Waals surface area contributed by atoms with Crippen molar-refractivity contribution < 1.29 is 4.79 Å². The quantitative estimate of drug-likeness (QED) is 0.411. The number of amides is 1. The first-order valence-electron chi connectivity index (χ1n) is 9.07. The van der Waals surface area contributed by atoms with E-state index in [1.807, 2.05) is 37.3 Å². The largest absolute Gasteiger partial charge is 0.370 e. The zero-order valence-electron chi connectivity index (χ0n) is 15.8. The first-order valence-corrected chi connectivity index (χ1v) is 10.3. The Morgan fingerprint density at radius 3 is 2.75 bits per heavy atom. The molecule has 0 aliphatic carbocycles. The lowest BCUT2D eigenvalue weighted by molar-refractivity contribution is 0.103. The molecule has 146 valence electrons. The standard InChI is InChI=1S/C20H22ClN5OS/c1-3-4-11-22-16-9-6-10-17(24-16)25-20-23-12-15(28-20)19(27)26-18-13(2)7-5-8-14(18)21/h5-10,12H,3-4,11H2,1-2H3,(H,26,27)(H2,22,23,24,25). The van der Waals surface area contributed by atoms with Gasteiger partial charge in [-0.05, 0) is 37.1 Å². The van der Waals surface area contributed by atoms with Crippen LogP contribution in [-0.2, 0) is 0 Å². The molecule has 28 heavy (non-hydrogen) atoms. The Morgan fingerprint density at radius 2 is 1.96 bits per heavy atom. The molecule has 0 aliphatic heterocycles. The minimum Gasteiger partial charge on any atom is -0.370 e. The van der Waals surface area contributed by atoms with Gasteiger partial charge in [-0.25, -0.2) is 9.97 Å². The second kappa shape index (κ2) is 9.52. The molecule has 0 spiro atoms. The molecule has 2 aromatic heterocycles. The van der Waals surface area contributed by atoms with Crippen molar-refractivity contribution in [1.29, 1.82) is 0 Å². The highest BCUT2D eigenvalue weighted by Crippen LogP contribution is 2.28. The van der Waals surface area contributed by atoms with Crippen LogP contribution in [0.2, 0.25) is 5.02 Å². The number of hydrogen-bond donors (Lipinski definition) is 3. The summed E-state index contributed by atoms with van der Waals surface area (Å²) in [6.07, 6.45) is 3.76. The van der Waals surface area contributed by atoms with E-state index in [9.17, 15) is 4.79 Å². The van der Waals surface area contributed by atoms with Crippen LogP contribution in [0.4, 0.5) is 22.5 Å². The summed E-state index contributed by atoms with van der Waals surface area (Å²) < 4.78 is 0. The predicted octanol–water partition coefficient (Wildman–Crippen LogP) is 5.71. The second-order valence-corrected chi connectivity index (χ2v) is 7.67. The topological polar surface area (TPSA) is 78.9 Å². The van der Waals surface area contributed by atoms with E-state index >= 15 is 0 Å². The molecule has 1 aromatic carbocycles. The van der Waals surface area contributed by atoms with Crippen molar-refractivity contribution in [2.24, 2.45) is 0 Å². The van der Waals surface area contributed by atoms with Gasteiger partial charge in [-0.2, -0.15) is 0 Å². The van der Waals surface area contributed by atoms with Gasteiger partial charge in [-0.15, -0.1) is 0 Å². The van der Waals surface area contributed by atoms with Crippen LogP contribution in [0, 0.1) is 6.92 Å². The minimum atomic E-state index is -0.246. The zero-order valence-corrected chi connectivity index (χ0v) is 17.3. The average Bonchev–Trinajstić information content (AvgIpc) is 3.14. The van der Waals surface area contributed by atoms with Crippen molar-refractivity contribution >= 4 is 51.3 Å². The van der Waals surface area contributed by atoms with Gasteiger partial charge in [0.25, 0.3) is 5.91 Å². The SMILES string of the molecule is CCCCNc1cccc(Nc2ncc(C(=O)Nc3c(C)cccc3Cl)s2)n1. The zero-order chi connectivity index (χ0) is 19.9. The fourth-order valence-corrected chi connectivity index (χ4v) is 3.50. The lowest BCUT2D eigenvalue weighted by Gasteiger charge is -2.09. The third-order valence-corrected chi connectivity index (χ3v) is 5.24. The molecule has 3 N–H and O–H groups in total. The number of unbranched alkanes of at least 4 members (excludes halogenated alkanes) is 1. The number of halogens is 1. The number of pyridine rings is 1. The summed E-state index contributed by atoms with van der Waals surface area (Å²) in [6.45, 7) is 4.93. The summed E-state index contributed by atoms with van der Waals surface area (Å²) in [5.41, 5.74) is 1.52. The number of carbonyl (C=O) groups excluding carboxylic acids is 1. The van der Waals surface area contributed by atoms with Crippen LogP contribution in [0.15, 0.2) is 42.6 Å². The molecule has 6 nitrogen and oxygen atoms in total.